The van der Waals surface area contributed by atoms with Crippen LogP contribution in [0, 0.1) is 5.92 Å². The summed E-state index contributed by atoms with van der Waals surface area (Å²) in [4.78, 5) is 47.4. The fourth-order valence-corrected chi connectivity index (χ4v) is 7.55. The van der Waals surface area contributed by atoms with Crippen LogP contribution in [0.25, 0.3) is 0 Å². The Kier molecular flexibility index (Phi) is 8.92. The van der Waals surface area contributed by atoms with E-state index in [-0.39, 0.29) is 49.2 Å². The van der Waals surface area contributed by atoms with Crippen LogP contribution in [-0.2, 0) is 35.1 Å². The third-order valence-electron chi connectivity index (χ3n) is 9.00. The van der Waals surface area contributed by atoms with E-state index in [9.17, 15) is 24.6 Å². The van der Waals surface area contributed by atoms with Crippen LogP contribution in [0.4, 0.5) is 0 Å². The number of fused-ring (bicyclic) bond motifs is 6. The number of nitrogens with zero attached hydrogens (tertiary/aromatic N) is 3. The van der Waals surface area contributed by atoms with Crippen molar-refractivity contribution in [3.8, 4) is 0 Å². The molecule has 6 rings (SSSR count). The summed E-state index contributed by atoms with van der Waals surface area (Å²) < 4.78 is 17.5. The van der Waals surface area contributed by atoms with E-state index >= 15 is 0 Å². The maximum absolute atomic E-state index is 13.9. The lowest BCUT2D eigenvalue weighted by atomic mass is 9.97. The lowest BCUT2D eigenvalue weighted by molar-refractivity contribution is -0.150. The monoisotopic (exact) mass is 592 g/mol. The molecule has 5 saturated heterocycles. The van der Waals surface area contributed by atoms with E-state index in [1.165, 1.54) is 0 Å². The highest BCUT2D eigenvalue weighted by Gasteiger charge is 2.47. The zero-order chi connectivity index (χ0) is 28.5. The highest BCUT2D eigenvalue weighted by atomic mass is 32.1. The Balaban J connectivity index is 1.26. The summed E-state index contributed by atoms with van der Waals surface area (Å²) >= 11 is 1.63. The molecule has 13 heteroatoms. The molecule has 5 aliphatic heterocycles. The molecule has 1 aromatic heterocycles. The van der Waals surface area contributed by atoms with Gasteiger partial charge >= 0.3 is 0 Å². The van der Waals surface area contributed by atoms with Crippen LogP contribution in [0.1, 0.15) is 30.6 Å². The van der Waals surface area contributed by atoms with Gasteiger partial charge < -0.3 is 39.5 Å². The average molecular weight is 593 g/mol. The molecular weight excluding hydrogens is 552 g/mol. The molecule has 0 saturated carbocycles. The average Bonchev–Trinajstić information content (AvgIpc) is 3.70. The van der Waals surface area contributed by atoms with Crippen LogP contribution in [0.5, 0.6) is 0 Å². The summed E-state index contributed by atoms with van der Waals surface area (Å²) in [7, 11) is 0. The largest absolute Gasteiger partial charge is 0.388 e. The Morgan fingerprint density at radius 2 is 1.85 bits per heavy atom. The van der Waals surface area contributed by atoms with Gasteiger partial charge in [0.15, 0.2) is 0 Å². The number of morpholine rings is 1. The van der Waals surface area contributed by atoms with Gasteiger partial charge in [0.25, 0.3) is 0 Å². The van der Waals surface area contributed by atoms with Gasteiger partial charge in [-0.1, -0.05) is 6.07 Å². The summed E-state index contributed by atoms with van der Waals surface area (Å²) in [5, 5.41) is 26.7. The molecule has 226 valence electrons. The van der Waals surface area contributed by atoms with E-state index in [1.807, 2.05) is 22.4 Å². The number of aliphatic hydroxyl groups excluding tert-OH is 2. The highest BCUT2D eigenvalue weighted by molar-refractivity contribution is 7.09. The standard InChI is InChI=1S/C28H40N4O8S/c33-24-11-22-25(34)26(35)23(40-22)16-32(27(36)17-3-6-38-7-4-17)14-19-13-30(5-8-39-19)28(37)21-10-18(29-24)12-31(21)15-20-2-1-9-41-20/h1-2,9,17-19,21-23,25-26,34-35H,3-8,10-16H2,(H,29,33)/t18-,19-,21-,22-,23+,25-,26+/m0/s1. The van der Waals surface area contributed by atoms with Crippen molar-refractivity contribution in [2.75, 3.05) is 52.5 Å². The lowest BCUT2D eigenvalue weighted by Gasteiger charge is -2.39. The summed E-state index contributed by atoms with van der Waals surface area (Å²) in [6.07, 6.45) is -3.07. The molecule has 7 atom stereocenters. The minimum atomic E-state index is -1.25. The third kappa shape index (κ3) is 6.46. The third-order valence-corrected chi connectivity index (χ3v) is 9.86. The van der Waals surface area contributed by atoms with Crippen molar-refractivity contribution in [1.29, 1.82) is 0 Å². The molecule has 0 unspecified atom stereocenters. The fourth-order valence-electron chi connectivity index (χ4n) is 6.82. The quantitative estimate of drug-likeness (QED) is 0.411. The maximum Gasteiger partial charge on any atom is 0.240 e. The Morgan fingerprint density at radius 3 is 2.63 bits per heavy atom. The Labute approximate surface area is 243 Å². The van der Waals surface area contributed by atoms with Crippen molar-refractivity contribution in [2.24, 2.45) is 5.92 Å². The van der Waals surface area contributed by atoms with Crippen molar-refractivity contribution in [2.45, 2.75) is 74.8 Å². The normalized spacial score (nSPS) is 36.0. The number of hydrogen-bond acceptors (Lipinski definition) is 10. The fraction of sp³-hybridized carbons (Fsp3) is 0.750. The number of hydrogen-bond donors (Lipinski definition) is 3. The van der Waals surface area contributed by atoms with Crippen molar-refractivity contribution in [3.63, 3.8) is 0 Å². The molecule has 0 spiro atoms. The van der Waals surface area contributed by atoms with Gasteiger partial charge in [-0.15, -0.1) is 11.3 Å². The number of amides is 3. The van der Waals surface area contributed by atoms with E-state index in [1.54, 1.807) is 16.2 Å². The van der Waals surface area contributed by atoms with Crippen LogP contribution in [0.15, 0.2) is 17.5 Å². The number of aliphatic hydroxyl groups is 2. The van der Waals surface area contributed by atoms with E-state index in [2.05, 4.69) is 10.2 Å². The summed E-state index contributed by atoms with van der Waals surface area (Å²) in [6.45, 7) is 3.61. The maximum atomic E-state index is 13.9. The van der Waals surface area contributed by atoms with Crippen LogP contribution in [-0.4, -0.2) is 138 Å². The van der Waals surface area contributed by atoms with E-state index in [4.69, 9.17) is 14.2 Å². The summed E-state index contributed by atoms with van der Waals surface area (Å²) in [6, 6.07) is 3.41. The van der Waals surface area contributed by atoms with Crippen LogP contribution < -0.4 is 5.32 Å². The molecule has 41 heavy (non-hydrogen) atoms. The van der Waals surface area contributed by atoms with Crippen molar-refractivity contribution < 1.29 is 38.8 Å². The Hall–Kier alpha value is -2.13. The number of carbonyl (C=O) groups is 3. The summed E-state index contributed by atoms with van der Waals surface area (Å²) in [5.41, 5.74) is 0. The number of ether oxygens (including phenoxy) is 3. The van der Waals surface area contributed by atoms with Crippen LogP contribution in [0.3, 0.4) is 0 Å². The smallest absolute Gasteiger partial charge is 0.240 e. The zero-order valence-electron chi connectivity index (χ0n) is 23.1. The van der Waals surface area contributed by atoms with Crippen molar-refractivity contribution in [1.82, 2.24) is 20.0 Å². The molecule has 0 aliphatic carbocycles. The van der Waals surface area contributed by atoms with Crippen LogP contribution in [0.2, 0.25) is 0 Å². The Bertz CT molecular complexity index is 1090. The number of rotatable bonds is 3. The second-order valence-electron chi connectivity index (χ2n) is 11.8. The predicted octanol–water partition coefficient (Wildman–Crippen LogP) is -0.817. The second kappa shape index (κ2) is 12.6. The van der Waals surface area contributed by atoms with Gasteiger partial charge in [-0.3, -0.25) is 19.3 Å². The second-order valence-corrected chi connectivity index (χ2v) is 12.9. The molecule has 0 aromatic carbocycles. The predicted molar refractivity (Wildman–Crippen MR) is 147 cm³/mol. The zero-order valence-corrected chi connectivity index (χ0v) is 24.0. The molecule has 5 aliphatic rings. The minimum Gasteiger partial charge on any atom is -0.388 e. The van der Waals surface area contributed by atoms with Gasteiger partial charge in [0.2, 0.25) is 17.7 Å². The topological polar surface area (TPSA) is 141 Å². The van der Waals surface area contributed by atoms with E-state index < -0.39 is 36.6 Å². The number of likely N-dealkylation sites (tertiary alicyclic amines) is 1. The number of nitrogens with one attached hydrogen (secondary N) is 1. The highest BCUT2D eigenvalue weighted by Crippen LogP contribution is 2.29. The van der Waals surface area contributed by atoms with E-state index in [0.717, 1.165) is 4.88 Å². The molecular formula is C28H40N4O8S. The molecule has 0 radical (unpaired) electrons. The first-order valence-electron chi connectivity index (χ1n) is 14.7. The first kappa shape index (κ1) is 29.0. The first-order valence-corrected chi connectivity index (χ1v) is 15.6. The lowest BCUT2D eigenvalue weighted by Crippen LogP contribution is -2.56. The first-order chi connectivity index (χ1) is 19.9. The molecule has 6 heterocycles. The number of thiophene rings is 1. The molecule has 3 amide bonds. The van der Waals surface area contributed by atoms with E-state index in [0.29, 0.717) is 65.3 Å². The number of carbonyl (C=O) groups excluding carboxylic acids is 3. The minimum absolute atomic E-state index is 0.00949. The molecule has 3 N–H and O–H groups in total. The SMILES string of the molecule is O=C1C[C@@H]2O[C@H](CN(C(=O)C3CCOCC3)C[C@@H]3CN(CCO3)C(=O)[C@@H]3C[C@@H](CN3Cc3cccs3)N1)[C@@H](O)[C@H]2O. The summed E-state index contributed by atoms with van der Waals surface area (Å²) in [5.74, 6) is -0.587. The van der Waals surface area contributed by atoms with Gasteiger partial charge in [0.05, 0.1) is 31.3 Å². The van der Waals surface area contributed by atoms with Gasteiger partial charge in [-0.2, -0.15) is 0 Å². The van der Waals surface area contributed by atoms with Crippen molar-refractivity contribution >= 4 is 29.1 Å². The molecule has 12 nitrogen and oxygen atoms in total. The van der Waals surface area contributed by atoms with Gasteiger partial charge in [-0.25, -0.2) is 0 Å². The molecule has 6 bridgehead atoms. The van der Waals surface area contributed by atoms with Crippen LogP contribution >= 0.6 is 11.3 Å². The van der Waals surface area contributed by atoms with Gasteiger partial charge in [-0.05, 0) is 30.7 Å². The van der Waals surface area contributed by atoms with Crippen molar-refractivity contribution in [3.05, 3.63) is 22.4 Å². The molecule has 5 fully saturated rings. The Morgan fingerprint density at radius 1 is 1.05 bits per heavy atom. The molecule has 1 aromatic rings. The van der Waals surface area contributed by atoms with Gasteiger partial charge in [0.1, 0.15) is 18.3 Å². The van der Waals surface area contributed by atoms with Gasteiger partial charge in [0, 0.05) is 69.3 Å².